The second kappa shape index (κ2) is 6.82. The zero-order valence-electron chi connectivity index (χ0n) is 11.9. The molecule has 2 aromatic carbocycles. The summed E-state index contributed by atoms with van der Waals surface area (Å²) in [5.41, 5.74) is 1.52. The lowest BCUT2D eigenvalue weighted by Crippen LogP contribution is -2.02. The zero-order chi connectivity index (χ0) is 16.2. The van der Waals surface area contributed by atoms with E-state index in [1.807, 2.05) is 36.4 Å². The Labute approximate surface area is 142 Å². The van der Waals surface area contributed by atoms with Crippen molar-refractivity contribution in [2.24, 2.45) is 0 Å². The Balaban J connectivity index is 1.99. The van der Waals surface area contributed by atoms with Gasteiger partial charge >= 0.3 is 5.63 Å². The lowest BCUT2D eigenvalue weighted by molar-refractivity contribution is 0.506. The molecule has 1 aromatic heterocycles. The lowest BCUT2D eigenvalue weighted by atomic mass is 10.2. The minimum Gasteiger partial charge on any atom is -0.403 e. The molecule has 0 amide bonds. The van der Waals surface area contributed by atoms with Gasteiger partial charge in [-0.1, -0.05) is 59.6 Å². The maximum atomic E-state index is 11.8. The number of hydrogen-bond acceptors (Lipinski definition) is 3. The van der Waals surface area contributed by atoms with Crippen LogP contribution in [0.3, 0.4) is 0 Å². The van der Waals surface area contributed by atoms with Gasteiger partial charge in [-0.15, -0.1) is 0 Å². The van der Waals surface area contributed by atoms with E-state index in [1.165, 1.54) is 6.07 Å². The molecule has 3 nitrogen and oxygen atoms in total. The maximum absolute atomic E-state index is 11.8. The highest BCUT2D eigenvalue weighted by Gasteiger charge is 2.10. The molecule has 3 aromatic rings. The molecule has 0 N–H and O–H groups in total. The third-order valence-corrected chi connectivity index (χ3v) is 3.65. The van der Waals surface area contributed by atoms with Crippen LogP contribution >= 0.6 is 23.2 Å². The number of nitrogens with zero attached hydrogens (tertiary/aromatic N) is 1. The third-order valence-electron chi connectivity index (χ3n) is 3.10. The van der Waals surface area contributed by atoms with Crippen LogP contribution in [0.2, 0.25) is 10.0 Å². The van der Waals surface area contributed by atoms with Crippen molar-refractivity contribution < 1.29 is 4.42 Å². The largest absolute Gasteiger partial charge is 0.403 e. The second-order valence-electron chi connectivity index (χ2n) is 4.78. The molecule has 0 saturated carbocycles. The highest BCUT2D eigenvalue weighted by molar-refractivity contribution is 6.36. The summed E-state index contributed by atoms with van der Waals surface area (Å²) in [6.07, 6.45) is 3.62. The molecule has 0 bridgehead atoms. The second-order valence-corrected chi connectivity index (χ2v) is 5.62. The summed E-state index contributed by atoms with van der Waals surface area (Å²) in [4.78, 5) is 16.1. The summed E-state index contributed by atoms with van der Waals surface area (Å²) >= 11 is 12.0. The fourth-order valence-electron chi connectivity index (χ4n) is 2.03. The monoisotopic (exact) mass is 343 g/mol. The predicted octanol–water partition coefficient (Wildman–Crippen LogP) is 5.18. The maximum Gasteiger partial charge on any atom is 0.339 e. The summed E-state index contributed by atoms with van der Waals surface area (Å²) < 4.78 is 5.15. The molecule has 0 radical (unpaired) electrons. The van der Waals surface area contributed by atoms with E-state index in [1.54, 1.807) is 24.3 Å². The van der Waals surface area contributed by atoms with Crippen LogP contribution in [0.25, 0.3) is 23.6 Å². The molecule has 3 rings (SSSR count). The molecule has 0 saturated heterocycles. The summed E-state index contributed by atoms with van der Waals surface area (Å²) in [5.74, 6) is 0.159. The highest BCUT2D eigenvalue weighted by atomic mass is 35.5. The first-order chi connectivity index (χ1) is 11.1. The summed E-state index contributed by atoms with van der Waals surface area (Å²) in [6.45, 7) is 0. The van der Waals surface area contributed by atoms with Gasteiger partial charge in [0.25, 0.3) is 0 Å². The third kappa shape index (κ3) is 3.89. The number of benzene rings is 2. The van der Waals surface area contributed by atoms with Gasteiger partial charge in [-0.2, -0.15) is 0 Å². The fraction of sp³-hybridized carbons (Fsp3) is 0. The molecule has 23 heavy (non-hydrogen) atoms. The quantitative estimate of drug-likeness (QED) is 0.658. The van der Waals surface area contributed by atoms with Crippen molar-refractivity contribution in [3.8, 4) is 11.5 Å². The first-order valence-corrected chi connectivity index (χ1v) is 7.58. The molecule has 1 heterocycles. The van der Waals surface area contributed by atoms with E-state index in [4.69, 9.17) is 27.6 Å². The Morgan fingerprint density at radius 3 is 2.48 bits per heavy atom. The summed E-state index contributed by atoms with van der Waals surface area (Å²) in [7, 11) is 0. The van der Waals surface area contributed by atoms with Crippen LogP contribution in [0.1, 0.15) is 11.3 Å². The van der Waals surface area contributed by atoms with Crippen molar-refractivity contribution in [1.82, 2.24) is 4.98 Å². The van der Waals surface area contributed by atoms with Gasteiger partial charge in [0, 0.05) is 11.1 Å². The number of rotatable bonds is 3. The van der Waals surface area contributed by atoms with Crippen molar-refractivity contribution in [3.05, 3.63) is 86.3 Å². The number of halogens is 2. The van der Waals surface area contributed by atoms with Crippen molar-refractivity contribution >= 4 is 35.4 Å². The van der Waals surface area contributed by atoms with Crippen LogP contribution in [-0.2, 0) is 0 Å². The highest BCUT2D eigenvalue weighted by Crippen LogP contribution is 2.28. The first kappa shape index (κ1) is 15.5. The van der Waals surface area contributed by atoms with Crippen molar-refractivity contribution in [3.63, 3.8) is 0 Å². The fourth-order valence-corrected chi connectivity index (χ4v) is 2.52. The topological polar surface area (TPSA) is 43.1 Å². The molecule has 0 spiro atoms. The smallest absolute Gasteiger partial charge is 0.339 e. The van der Waals surface area contributed by atoms with Crippen LogP contribution in [0.5, 0.6) is 0 Å². The SMILES string of the molecule is O=c1cc(/C=C/c2ccccc2)nc(-c2ccc(Cl)cc2Cl)o1. The number of hydrogen-bond donors (Lipinski definition) is 0. The molecule has 0 aliphatic heterocycles. The van der Waals surface area contributed by atoms with Crippen LogP contribution in [0.4, 0.5) is 0 Å². The van der Waals surface area contributed by atoms with E-state index in [-0.39, 0.29) is 5.89 Å². The Hall–Kier alpha value is -2.36. The molecule has 0 aliphatic rings. The Morgan fingerprint density at radius 1 is 0.957 bits per heavy atom. The van der Waals surface area contributed by atoms with Gasteiger partial charge in [0.05, 0.1) is 16.3 Å². The van der Waals surface area contributed by atoms with Crippen molar-refractivity contribution in [1.29, 1.82) is 0 Å². The normalized spacial score (nSPS) is 11.0. The molecule has 0 unspecified atom stereocenters. The zero-order valence-corrected chi connectivity index (χ0v) is 13.4. The average Bonchev–Trinajstić information content (AvgIpc) is 2.53. The molecule has 0 fully saturated rings. The molecule has 0 aliphatic carbocycles. The van der Waals surface area contributed by atoms with Gasteiger partial charge in [0.15, 0.2) is 0 Å². The van der Waals surface area contributed by atoms with Gasteiger partial charge in [-0.05, 0) is 29.8 Å². The molecular weight excluding hydrogens is 333 g/mol. The average molecular weight is 344 g/mol. The van der Waals surface area contributed by atoms with Crippen molar-refractivity contribution in [2.75, 3.05) is 0 Å². The summed E-state index contributed by atoms with van der Waals surface area (Å²) in [5, 5.41) is 0.874. The van der Waals surface area contributed by atoms with Gasteiger partial charge in [-0.3, -0.25) is 0 Å². The molecule has 5 heteroatoms. The minimum absolute atomic E-state index is 0.159. The van der Waals surface area contributed by atoms with E-state index in [0.717, 1.165) is 5.56 Å². The molecular formula is C18H11Cl2NO2. The van der Waals surface area contributed by atoms with Crippen LogP contribution in [-0.4, -0.2) is 4.98 Å². The summed E-state index contributed by atoms with van der Waals surface area (Å²) in [6, 6.07) is 16.0. The van der Waals surface area contributed by atoms with Gasteiger partial charge in [0.2, 0.25) is 5.89 Å². The van der Waals surface area contributed by atoms with Gasteiger partial charge in [0.1, 0.15) is 0 Å². The Morgan fingerprint density at radius 2 is 1.74 bits per heavy atom. The van der Waals surface area contributed by atoms with E-state index in [0.29, 0.717) is 21.3 Å². The standard InChI is InChI=1S/C18H11Cl2NO2/c19-13-7-9-15(16(20)10-13)18-21-14(11-17(22)23-18)8-6-12-4-2-1-3-5-12/h1-11H/b8-6+. The van der Waals surface area contributed by atoms with Crippen molar-refractivity contribution in [2.45, 2.75) is 0 Å². The molecule has 114 valence electrons. The lowest BCUT2D eigenvalue weighted by Gasteiger charge is -2.03. The van der Waals surface area contributed by atoms with E-state index < -0.39 is 5.63 Å². The Kier molecular flexibility index (Phi) is 4.60. The van der Waals surface area contributed by atoms with E-state index in [9.17, 15) is 4.79 Å². The van der Waals surface area contributed by atoms with E-state index >= 15 is 0 Å². The van der Waals surface area contributed by atoms with Crippen LogP contribution < -0.4 is 5.63 Å². The predicted molar refractivity (Wildman–Crippen MR) is 93.6 cm³/mol. The molecule has 0 atom stereocenters. The van der Waals surface area contributed by atoms with E-state index in [2.05, 4.69) is 4.98 Å². The first-order valence-electron chi connectivity index (χ1n) is 6.82. The van der Waals surface area contributed by atoms with Gasteiger partial charge in [-0.25, -0.2) is 9.78 Å². The van der Waals surface area contributed by atoms with Crippen LogP contribution in [0, 0.1) is 0 Å². The van der Waals surface area contributed by atoms with Gasteiger partial charge < -0.3 is 4.42 Å². The van der Waals surface area contributed by atoms with Crippen LogP contribution in [0.15, 0.2) is 63.8 Å². The number of aromatic nitrogens is 1. The minimum atomic E-state index is -0.492. The Bertz CT molecular complexity index is 918.